The molecule has 2 saturated heterocycles. The molecular formula is C21H24F2N6O2. The van der Waals surface area contributed by atoms with E-state index in [-0.39, 0.29) is 6.04 Å². The second kappa shape index (κ2) is 8.03. The van der Waals surface area contributed by atoms with Crippen molar-refractivity contribution < 1.29 is 19.0 Å². The number of hydrogen-bond acceptors (Lipinski definition) is 7. The Kier molecular flexibility index (Phi) is 5.20. The van der Waals surface area contributed by atoms with Crippen LogP contribution in [0, 0.1) is 11.6 Å². The molecule has 2 aliphatic rings. The SMILES string of the molecule is OC(Nc1cnn2ccc(N3CCC[C@@H]3c3cc(F)ccc3F)nc12)N1CC[C@H](O)C1. The van der Waals surface area contributed by atoms with Crippen molar-refractivity contribution in [1.82, 2.24) is 19.5 Å². The molecule has 2 aliphatic heterocycles. The smallest absolute Gasteiger partial charge is 0.184 e. The van der Waals surface area contributed by atoms with Gasteiger partial charge in [0.25, 0.3) is 0 Å². The number of nitrogens with one attached hydrogen (secondary N) is 1. The van der Waals surface area contributed by atoms with Gasteiger partial charge in [-0.2, -0.15) is 5.10 Å². The van der Waals surface area contributed by atoms with E-state index in [0.29, 0.717) is 55.2 Å². The Hall–Kier alpha value is -2.82. The molecular weight excluding hydrogens is 406 g/mol. The molecule has 5 rings (SSSR count). The van der Waals surface area contributed by atoms with Crippen molar-refractivity contribution in [3.63, 3.8) is 0 Å². The maximum Gasteiger partial charge on any atom is 0.184 e. The van der Waals surface area contributed by atoms with Gasteiger partial charge in [0, 0.05) is 31.4 Å². The van der Waals surface area contributed by atoms with Crippen molar-refractivity contribution >= 4 is 17.2 Å². The van der Waals surface area contributed by atoms with Gasteiger partial charge in [0.1, 0.15) is 23.1 Å². The van der Waals surface area contributed by atoms with Gasteiger partial charge in [0.15, 0.2) is 12.0 Å². The van der Waals surface area contributed by atoms with Gasteiger partial charge >= 0.3 is 0 Å². The summed E-state index contributed by atoms with van der Waals surface area (Å²) in [6, 6.07) is 5.03. The van der Waals surface area contributed by atoms with Gasteiger partial charge in [-0.3, -0.25) is 4.90 Å². The first kappa shape index (κ1) is 20.1. The number of likely N-dealkylation sites (tertiary alicyclic amines) is 1. The largest absolute Gasteiger partial charge is 0.392 e. The Morgan fingerprint density at radius 2 is 2.03 bits per heavy atom. The number of halogens is 2. The lowest BCUT2D eigenvalue weighted by Crippen LogP contribution is -2.39. The van der Waals surface area contributed by atoms with Crippen molar-refractivity contribution in [3.05, 3.63) is 53.9 Å². The lowest BCUT2D eigenvalue weighted by molar-refractivity contribution is 0.0343. The minimum absolute atomic E-state index is 0.304. The summed E-state index contributed by atoms with van der Waals surface area (Å²) >= 11 is 0. The fourth-order valence-corrected chi connectivity index (χ4v) is 4.48. The van der Waals surface area contributed by atoms with Crippen molar-refractivity contribution in [2.45, 2.75) is 37.8 Å². The standard InChI is InChI=1S/C21H24F2N6O2/c22-13-3-4-16(23)15(10-13)18-2-1-7-28(18)19-6-9-29-20(26-19)17(11-24-29)25-21(31)27-8-5-14(30)12-27/h3-4,6,9-11,14,18,21,25,30-31H,1-2,5,7-8,12H2/t14-,18+,21?/m0/s1. The molecule has 3 N–H and O–H groups in total. The summed E-state index contributed by atoms with van der Waals surface area (Å²) in [6.45, 7) is 1.65. The minimum atomic E-state index is -0.975. The van der Waals surface area contributed by atoms with Crippen LogP contribution in [0.4, 0.5) is 20.3 Å². The summed E-state index contributed by atoms with van der Waals surface area (Å²) in [6.07, 6.45) is 4.07. The minimum Gasteiger partial charge on any atom is -0.392 e. The lowest BCUT2D eigenvalue weighted by atomic mass is 10.0. The van der Waals surface area contributed by atoms with Crippen LogP contribution in [0.15, 0.2) is 36.7 Å². The van der Waals surface area contributed by atoms with Crippen molar-refractivity contribution in [2.75, 3.05) is 29.9 Å². The molecule has 0 radical (unpaired) electrons. The van der Waals surface area contributed by atoms with Gasteiger partial charge in [0.05, 0.1) is 18.3 Å². The summed E-state index contributed by atoms with van der Waals surface area (Å²) in [7, 11) is 0. The Morgan fingerprint density at radius 3 is 2.84 bits per heavy atom. The van der Waals surface area contributed by atoms with Crippen LogP contribution in [0.1, 0.15) is 30.9 Å². The normalized spacial score (nSPS) is 23.0. The van der Waals surface area contributed by atoms with Crippen molar-refractivity contribution in [2.24, 2.45) is 0 Å². The van der Waals surface area contributed by atoms with E-state index in [1.807, 2.05) is 4.90 Å². The third kappa shape index (κ3) is 3.82. The van der Waals surface area contributed by atoms with E-state index in [0.717, 1.165) is 18.6 Å². The summed E-state index contributed by atoms with van der Waals surface area (Å²) in [5.74, 6) is -0.259. The third-order valence-electron chi connectivity index (χ3n) is 6.04. The van der Waals surface area contributed by atoms with E-state index < -0.39 is 24.1 Å². The highest BCUT2D eigenvalue weighted by atomic mass is 19.1. The topological polar surface area (TPSA) is 89.2 Å². The van der Waals surface area contributed by atoms with Crippen LogP contribution in [0.5, 0.6) is 0 Å². The van der Waals surface area contributed by atoms with E-state index in [1.54, 1.807) is 27.9 Å². The molecule has 0 bridgehead atoms. The molecule has 1 unspecified atom stereocenters. The van der Waals surface area contributed by atoms with Crippen LogP contribution in [-0.2, 0) is 0 Å². The molecule has 8 nitrogen and oxygen atoms in total. The van der Waals surface area contributed by atoms with Gasteiger partial charge in [-0.05, 0) is 43.5 Å². The predicted molar refractivity (Wildman–Crippen MR) is 110 cm³/mol. The number of hydrogen-bond donors (Lipinski definition) is 3. The van der Waals surface area contributed by atoms with E-state index >= 15 is 0 Å². The van der Waals surface area contributed by atoms with Gasteiger partial charge in [-0.1, -0.05) is 0 Å². The van der Waals surface area contributed by atoms with Crippen molar-refractivity contribution in [3.8, 4) is 0 Å². The molecule has 164 valence electrons. The zero-order chi connectivity index (χ0) is 21.5. The summed E-state index contributed by atoms with van der Waals surface area (Å²) in [5.41, 5.74) is 1.39. The number of nitrogens with zero attached hydrogens (tertiary/aromatic N) is 5. The lowest BCUT2D eigenvalue weighted by Gasteiger charge is -2.27. The monoisotopic (exact) mass is 430 g/mol. The number of rotatable bonds is 5. The molecule has 31 heavy (non-hydrogen) atoms. The summed E-state index contributed by atoms with van der Waals surface area (Å²) in [4.78, 5) is 8.42. The number of anilines is 2. The number of aliphatic hydroxyl groups excluding tert-OH is 2. The Bertz CT molecular complexity index is 1090. The fraction of sp³-hybridized carbons (Fsp3) is 0.429. The van der Waals surface area contributed by atoms with Gasteiger partial charge in [0.2, 0.25) is 0 Å². The molecule has 0 spiro atoms. The van der Waals surface area contributed by atoms with Gasteiger partial charge < -0.3 is 20.4 Å². The number of aliphatic hydroxyl groups is 2. The second-order valence-corrected chi connectivity index (χ2v) is 8.08. The van der Waals surface area contributed by atoms with Crippen LogP contribution in [0.3, 0.4) is 0 Å². The molecule has 3 aromatic rings. The molecule has 4 heterocycles. The van der Waals surface area contributed by atoms with Crippen LogP contribution >= 0.6 is 0 Å². The fourth-order valence-electron chi connectivity index (χ4n) is 4.48. The van der Waals surface area contributed by atoms with Crippen LogP contribution < -0.4 is 10.2 Å². The number of β-amino-alcohol motifs (C(OH)–C–C–N with tert-alkyl or cyclic N) is 1. The number of aromatic nitrogens is 3. The summed E-state index contributed by atoms with van der Waals surface area (Å²) in [5, 5.41) is 27.4. The van der Waals surface area contributed by atoms with E-state index in [1.165, 1.54) is 6.07 Å². The highest BCUT2D eigenvalue weighted by Gasteiger charge is 2.30. The first-order valence-corrected chi connectivity index (χ1v) is 10.4. The molecule has 0 aliphatic carbocycles. The Morgan fingerprint density at radius 1 is 1.16 bits per heavy atom. The van der Waals surface area contributed by atoms with Crippen molar-refractivity contribution in [1.29, 1.82) is 0 Å². The number of benzene rings is 1. The average molecular weight is 430 g/mol. The van der Waals surface area contributed by atoms with E-state index in [2.05, 4.69) is 10.4 Å². The molecule has 3 atom stereocenters. The van der Waals surface area contributed by atoms with Crippen LogP contribution in [-0.4, -0.2) is 61.8 Å². The quantitative estimate of drug-likeness (QED) is 0.534. The van der Waals surface area contributed by atoms with E-state index in [4.69, 9.17) is 4.98 Å². The second-order valence-electron chi connectivity index (χ2n) is 8.08. The molecule has 1 aromatic carbocycles. The molecule has 0 amide bonds. The number of fused-ring (bicyclic) bond motifs is 1. The van der Waals surface area contributed by atoms with E-state index in [9.17, 15) is 19.0 Å². The summed E-state index contributed by atoms with van der Waals surface area (Å²) < 4.78 is 29.8. The molecule has 0 saturated carbocycles. The Labute approximate surface area is 177 Å². The first-order valence-electron chi connectivity index (χ1n) is 10.4. The highest BCUT2D eigenvalue weighted by molar-refractivity contribution is 5.68. The van der Waals surface area contributed by atoms with Crippen LogP contribution in [0.2, 0.25) is 0 Å². The first-order chi connectivity index (χ1) is 15.0. The zero-order valence-corrected chi connectivity index (χ0v) is 16.8. The Balaban J connectivity index is 1.42. The maximum atomic E-state index is 14.4. The molecule has 2 aromatic heterocycles. The van der Waals surface area contributed by atoms with Gasteiger partial charge in [-0.15, -0.1) is 0 Å². The molecule has 10 heteroatoms. The zero-order valence-electron chi connectivity index (χ0n) is 16.8. The average Bonchev–Trinajstić information content (AvgIpc) is 3.49. The maximum absolute atomic E-state index is 14.4. The highest BCUT2D eigenvalue weighted by Crippen LogP contribution is 2.37. The predicted octanol–water partition coefficient (Wildman–Crippen LogP) is 2.10. The molecule has 2 fully saturated rings. The van der Waals surface area contributed by atoms with Gasteiger partial charge in [-0.25, -0.2) is 18.3 Å². The van der Waals surface area contributed by atoms with Crippen LogP contribution in [0.25, 0.3) is 5.65 Å². The third-order valence-corrected chi connectivity index (χ3v) is 6.04.